The van der Waals surface area contributed by atoms with Crippen molar-refractivity contribution in [1.29, 1.82) is 0 Å². The molecule has 17 heavy (non-hydrogen) atoms. The zero-order valence-electron chi connectivity index (χ0n) is 8.87. The van der Waals surface area contributed by atoms with Crippen molar-refractivity contribution in [3.05, 3.63) is 0 Å². The lowest BCUT2D eigenvalue weighted by Gasteiger charge is -2.35. The fourth-order valence-corrected chi connectivity index (χ4v) is 54.2. The summed E-state index contributed by atoms with van der Waals surface area (Å²) in [5.41, 5.74) is 0. The summed E-state index contributed by atoms with van der Waals surface area (Å²) in [5.74, 6) is 0. The van der Waals surface area contributed by atoms with Crippen LogP contribution in [0.5, 0.6) is 0 Å². The Morgan fingerprint density at radius 1 is 0.588 bits per heavy atom. The van der Waals surface area contributed by atoms with Gasteiger partial charge in [0.05, 0.1) is 0 Å². The van der Waals surface area contributed by atoms with Gasteiger partial charge in [-0.2, -0.15) is 0 Å². The Hall–Kier alpha value is 5.86. The van der Waals surface area contributed by atoms with Crippen molar-refractivity contribution in [2.24, 2.45) is 0 Å². The van der Waals surface area contributed by atoms with Crippen molar-refractivity contribution >= 4 is 169 Å². The standard InChI is InChI=1S/C3H9I7O3Si4/c1-14(2,12-16(5,6)7)11-15(3,4)13-17(8,9)10/h1-3H3. The van der Waals surface area contributed by atoms with Crippen LogP contribution < -0.4 is 0 Å². The quantitative estimate of drug-likeness (QED) is 0.180. The van der Waals surface area contributed by atoms with Crippen LogP contribution in [0.2, 0.25) is 19.6 Å². The van der Waals surface area contributed by atoms with Crippen LogP contribution in [0.1, 0.15) is 0 Å². The molecule has 0 aromatic rings. The smallest absolute Gasteiger partial charge is 0.387 e. The lowest BCUT2D eigenvalue weighted by molar-refractivity contribution is 0.369. The van der Waals surface area contributed by atoms with Crippen LogP contribution >= 0.6 is 153 Å². The van der Waals surface area contributed by atoms with Crippen LogP contribution in [0.25, 0.3) is 0 Å². The molecule has 0 aliphatic heterocycles. The van der Waals surface area contributed by atoms with Crippen LogP contribution in [0, 0.1) is 0 Å². The Balaban J connectivity index is 4.59. The molecule has 104 valence electrons. The van der Waals surface area contributed by atoms with E-state index in [0.717, 1.165) is 0 Å². The first-order valence-corrected chi connectivity index (χ1v) is 34.8. The Kier molecular flexibility index (Phi) is 11.8. The van der Waals surface area contributed by atoms with Crippen molar-refractivity contribution in [1.82, 2.24) is 0 Å². The van der Waals surface area contributed by atoms with E-state index in [4.69, 9.17) is 12.3 Å². The predicted octanol–water partition coefficient (Wildman–Crippen LogP) is 6.22. The maximum Gasteiger partial charge on any atom is 0.387 e. The highest BCUT2D eigenvalue weighted by Crippen LogP contribution is 2.39. The van der Waals surface area contributed by atoms with Crippen LogP contribution in [-0.4, -0.2) is 16.2 Å². The lowest BCUT2D eigenvalue weighted by Crippen LogP contribution is -2.51. The number of halogens is 7. The summed E-state index contributed by atoms with van der Waals surface area (Å²) < 4.78 is 15.3. The fourth-order valence-electron chi connectivity index (χ4n) is 0.966. The van der Waals surface area contributed by atoms with Crippen molar-refractivity contribution in [3.63, 3.8) is 0 Å². The SMILES string of the molecule is C[Si](C)(O[Si](I)(I)I)O[Si](C)(I)O[Si](I)(I)I. The minimum absolute atomic E-state index is 1.64. The summed E-state index contributed by atoms with van der Waals surface area (Å²) in [6.07, 6.45) is 0. The number of hydrogen-bond acceptors (Lipinski definition) is 3. The fraction of sp³-hybridized carbons (Fsp3) is 1.00. The van der Waals surface area contributed by atoms with E-state index in [0.29, 0.717) is 0 Å². The maximum atomic E-state index is 6.24. The highest BCUT2D eigenvalue weighted by Gasteiger charge is 2.46. The van der Waals surface area contributed by atoms with Gasteiger partial charge in [-0.1, -0.05) is 153 Å². The monoisotopic (exact) mass is 1090 g/mol. The molecule has 0 amide bonds. The summed E-state index contributed by atoms with van der Waals surface area (Å²) in [6.45, 7) is 6.31. The minimum Gasteiger partial charge on any atom is -0.414 e. The van der Waals surface area contributed by atoms with Crippen LogP contribution in [0.15, 0.2) is 0 Å². The molecule has 0 aliphatic carbocycles. The molecule has 0 fully saturated rings. The molecule has 1 unspecified atom stereocenters. The summed E-state index contributed by atoms with van der Waals surface area (Å²) in [5, 5.41) is 0. The number of rotatable bonds is 6. The molecule has 0 N–H and O–H groups in total. The van der Waals surface area contributed by atoms with E-state index in [2.05, 4.69) is 172 Å². The Labute approximate surface area is 195 Å². The highest BCUT2D eigenvalue weighted by atomic mass is 127. The van der Waals surface area contributed by atoms with Gasteiger partial charge in [-0.25, -0.2) is 0 Å². The Bertz CT molecular complexity index is 236. The second-order valence-electron chi connectivity index (χ2n) is 3.43. The van der Waals surface area contributed by atoms with Gasteiger partial charge in [0.1, 0.15) is 0 Å². The van der Waals surface area contributed by atoms with Gasteiger partial charge in [0.15, 0.2) is 0 Å². The van der Waals surface area contributed by atoms with E-state index in [9.17, 15) is 0 Å². The maximum absolute atomic E-state index is 6.24. The summed E-state index contributed by atoms with van der Waals surface area (Å²) in [4.78, 5) is 0. The molecule has 14 heteroatoms. The topological polar surface area (TPSA) is 27.7 Å². The molecule has 0 rings (SSSR count). The third kappa shape index (κ3) is 15.1. The van der Waals surface area contributed by atoms with Crippen molar-refractivity contribution in [3.8, 4) is 0 Å². The summed E-state index contributed by atoms with van der Waals surface area (Å²) >= 11 is 16.8. The van der Waals surface area contributed by atoms with Gasteiger partial charge in [-0.3, -0.25) is 0 Å². The molecule has 0 bridgehead atoms. The highest BCUT2D eigenvalue weighted by molar-refractivity contribution is 14.4. The first-order chi connectivity index (χ1) is 7.12. The Morgan fingerprint density at radius 3 is 1.24 bits per heavy atom. The first-order valence-electron chi connectivity index (χ1n) is 4.05. The van der Waals surface area contributed by atoms with Gasteiger partial charge in [0, 0.05) is 0 Å². The van der Waals surface area contributed by atoms with Gasteiger partial charge in [-0.15, -0.1) is 0 Å². The van der Waals surface area contributed by atoms with Gasteiger partial charge >= 0.3 is 16.2 Å². The largest absolute Gasteiger partial charge is 0.414 e. The van der Waals surface area contributed by atoms with Crippen LogP contribution in [-0.2, 0) is 12.3 Å². The van der Waals surface area contributed by atoms with Gasteiger partial charge < -0.3 is 12.3 Å². The third-order valence-corrected chi connectivity index (χ3v) is 25.6. The minimum atomic E-state index is -2.12. The lowest BCUT2D eigenvalue weighted by atomic mass is 11.9. The molecule has 1 atom stereocenters. The van der Waals surface area contributed by atoms with E-state index in [1.165, 1.54) is 0 Å². The zero-order valence-corrected chi connectivity index (χ0v) is 28.0. The second-order valence-corrected chi connectivity index (χ2v) is 82.5. The molecule has 0 aliphatic rings. The average Bonchev–Trinajstić information content (AvgIpc) is 1.65. The normalized spacial score (nSPS) is 18.0. The second kappa shape index (κ2) is 8.81. The van der Waals surface area contributed by atoms with E-state index in [1.807, 2.05) is 0 Å². The van der Waals surface area contributed by atoms with Crippen molar-refractivity contribution < 1.29 is 12.3 Å². The molecule has 0 saturated carbocycles. The van der Waals surface area contributed by atoms with Gasteiger partial charge in [0.25, 0.3) is 0 Å². The third-order valence-electron chi connectivity index (χ3n) is 1.09. The van der Waals surface area contributed by atoms with E-state index in [-0.39, 0.29) is 0 Å². The molecular formula is C3H9I7O3Si4. The Morgan fingerprint density at radius 2 is 0.941 bits per heavy atom. The van der Waals surface area contributed by atoms with Crippen LogP contribution in [0.3, 0.4) is 0 Å². The summed E-state index contributed by atoms with van der Waals surface area (Å²) in [6, 6.07) is -2.12. The molecule has 0 aromatic heterocycles. The predicted molar refractivity (Wildman–Crippen MR) is 142 cm³/mol. The van der Waals surface area contributed by atoms with E-state index < -0.39 is 16.2 Å². The zero-order chi connectivity index (χ0) is 14.1. The molecule has 0 spiro atoms. The van der Waals surface area contributed by atoms with E-state index >= 15 is 0 Å². The van der Waals surface area contributed by atoms with Gasteiger partial charge in [-0.05, 0) is 19.6 Å². The van der Waals surface area contributed by atoms with Crippen molar-refractivity contribution in [2.75, 3.05) is 0 Å². The first kappa shape index (κ1) is 22.9. The van der Waals surface area contributed by atoms with Crippen molar-refractivity contribution in [2.45, 2.75) is 19.6 Å². The molecule has 0 radical (unpaired) electrons. The molecule has 3 nitrogen and oxygen atoms in total. The van der Waals surface area contributed by atoms with Crippen LogP contribution in [0.4, 0.5) is 0 Å². The van der Waals surface area contributed by atoms with Gasteiger partial charge in [0.2, 0.25) is 0 Å². The average molecular weight is 1090 g/mol. The number of hydrogen-bond donors (Lipinski definition) is 0. The molecular weight excluding hydrogens is 1080 g/mol. The molecule has 0 heterocycles. The molecule has 0 saturated heterocycles. The summed E-state index contributed by atoms with van der Waals surface area (Å²) in [7, 11) is -2.09. The van der Waals surface area contributed by atoms with E-state index in [1.54, 1.807) is 0 Å². The molecule has 0 aromatic carbocycles.